The molecule has 1 aromatic heterocycles. The average Bonchev–Trinajstić information content (AvgIpc) is 2.67. The quantitative estimate of drug-likeness (QED) is 0.584. The number of pyridine rings is 1. The van der Waals surface area contributed by atoms with E-state index >= 15 is 0 Å². The van der Waals surface area contributed by atoms with Crippen LogP contribution < -0.4 is 0 Å². The Morgan fingerprint density at radius 2 is 1.50 bits per heavy atom. The van der Waals surface area contributed by atoms with Crippen molar-refractivity contribution in [2.75, 3.05) is 0 Å². The SMILES string of the molecule is CC(C)OC(=O)c1cccc(-c2ccc(CCc3ccccc3)cc2)n1. The van der Waals surface area contributed by atoms with Gasteiger partial charge in [0, 0.05) is 5.56 Å². The highest BCUT2D eigenvalue weighted by Gasteiger charge is 2.12. The van der Waals surface area contributed by atoms with Crippen molar-refractivity contribution in [3.05, 3.63) is 89.6 Å². The van der Waals surface area contributed by atoms with Crippen molar-refractivity contribution >= 4 is 5.97 Å². The Labute approximate surface area is 154 Å². The standard InChI is InChI=1S/C23H23NO2/c1-17(2)26-23(25)22-10-6-9-21(24-22)20-15-13-19(14-16-20)12-11-18-7-4-3-5-8-18/h3-10,13-17H,11-12H2,1-2H3. The summed E-state index contributed by atoms with van der Waals surface area (Å²) in [6, 6.07) is 24.3. The van der Waals surface area contributed by atoms with Crippen LogP contribution in [0.4, 0.5) is 0 Å². The summed E-state index contributed by atoms with van der Waals surface area (Å²) in [7, 11) is 0. The molecule has 0 aliphatic carbocycles. The van der Waals surface area contributed by atoms with E-state index in [1.165, 1.54) is 11.1 Å². The molecule has 3 rings (SSSR count). The van der Waals surface area contributed by atoms with Crippen LogP contribution in [-0.4, -0.2) is 17.1 Å². The summed E-state index contributed by atoms with van der Waals surface area (Å²) >= 11 is 0. The van der Waals surface area contributed by atoms with E-state index in [0.717, 1.165) is 24.1 Å². The highest BCUT2D eigenvalue weighted by atomic mass is 16.5. The first-order chi connectivity index (χ1) is 12.6. The molecule has 0 bridgehead atoms. The second-order valence-corrected chi connectivity index (χ2v) is 6.54. The molecule has 0 unspecified atom stereocenters. The number of esters is 1. The lowest BCUT2D eigenvalue weighted by atomic mass is 10.0. The third kappa shape index (κ3) is 4.79. The second-order valence-electron chi connectivity index (χ2n) is 6.54. The van der Waals surface area contributed by atoms with Crippen molar-refractivity contribution in [1.82, 2.24) is 4.98 Å². The van der Waals surface area contributed by atoms with Gasteiger partial charge in [0.25, 0.3) is 0 Å². The van der Waals surface area contributed by atoms with Gasteiger partial charge in [0.2, 0.25) is 0 Å². The molecule has 0 amide bonds. The Bertz CT molecular complexity index is 855. The van der Waals surface area contributed by atoms with E-state index in [2.05, 4.69) is 53.5 Å². The molecule has 132 valence electrons. The van der Waals surface area contributed by atoms with Gasteiger partial charge in [-0.3, -0.25) is 0 Å². The van der Waals surface area contributed by atoms with Gasteiger partial charge >= 0.3 is 5.97 Å². The highest BCUT2D eigenvalue weighted by molar-refractivity contribution is 5.88. The van der Waals surface area contributed by atoms with Crippen molar-refractivity contribution in [2.24, 2.45) is 0 Å². The maximum atomic E-state index is 12.0. The Morgan fingerprint density at radius 3 is 2.15 bits per heavy atom. The van der Waals surface area contributed by atoms with Crippen LogP contribution in [0.1, 0.15) is 35.5 Å². The van der Waals surface area contributed by atoms with Gasteiger partial charge in [0.05, 0.1) is 11.8 Å². The maximum Gasteiger partial charge on any atom is 0.357 e. The first kappa shape index (κ1) is 17.9. The number of benzene rings is 2. The summed E-state index contributed by atoms with van der Waals surface area (Å²) in [5.41, 5.74) is 4.73. The zero-order valence-electron chi connectivity index (χ0n) is 15.2. The fraction of sp³-hybridized carbons (Fsp3) is 0.217. The third-order valence-electron chi connectivity index (χ3n) is 4.10. The van der Waals surface area contributed by atoms with Crippen LogP contribution in [-0.2, 0) is 17.6 Å². The van der Waals surface area contributed by atoms with Gasteiger partial charge in [-0.15, -0.1) is 0 Å². The largest absolute Gasteiger partial charge is 0.458 e. The normalized spacial score (nSPS) is 10.7. The molecule has 0 atom stereocenters. The summed E-state index contributed by atoms with van der Waals surface area (Å²) in [4.78, 5) is 16.5. The number of aromatic nitrogens is 1. The number of rotatable bonds is 6. The Hall–Kier alpha value is -2.94. The fourth-order valence-corrected chi connectivity index (χ4v) is 2.76. The molecule has 0 spiro atoms. The lowest BCUT2D eigenvalue weighted by Crippen LogP contribution is -2.13. The molecule has 0 N–H and O–H groups in total. The number of hydrogen-bond acceptors (Lipinski definition) is 3. The fourth-order valence-electron chi connectivity index (χ4n) is 2.76. The lowest BCUT2D eigenvalue weighted by molar-refractivity contribution is 0.0371. The molecule has 3 nitrogen and oxygen atoms in total. The minimum Gasteiger partial charge on any atom is -0.458 e. The van der Waals surface area contributed by atoms with Crippen LogP contribution in [0.5, 0.6) is 0 Å². The smallest absolute Gasteiger partial charge is 0.357 e. The number of ether oxygens (including phenoxy) is 1. The topological polar surface area (TPSA) is 39.2 Å². The molecule has 3 heteroatoms. The molecule has 0 aliphatic rings. The van der Waals surface area contributed by atoms with Crippen LogP contribution in [0, 0.1) is 0 Å². The predicted octanol–water partition coefficient (Wildman–Crippen LogP) is 5.10. The van der Waals surface area contributed by atoms with Gasteiger partial charge in [-0.05, 0) is 49.9 Å². The van der Waals surface area contributed by atoms with E-state index in [1.54, 1.807) is 6.07 Å². The van der Waals surface area contributed by atoms with Crippen molar-refractivity contribution < 1.29 is 9.53 Å². The van der Waals surface area contributed by atoms with E-state index in [4.69, 9.17) is 4.74 Å². The molecule has 0 saturated heterocycles. The van der Waals surface area contributed by atoms with Gasteiger partial charge in [-0.1, -0.05) is 60.7 Å². The highest BCUT2D eigenvalue weighted by Crippen LogP contribution is 2.19. The van der Waals surface area contributed by atoms with Crippen molar-refractivity contribution in [3.8, 4) is 11.3 Å². The second kappa shape index (κ2) is 8.43. The number of nitrogens with zero attached hydrogens (tertiary/aromatic N) is 1. The first-order valence-electron chi connectivity index (χ1n) is 8.93. The number of aryl methyl sites for hydroxylation is 2. The Kier molecular flexibility index (Phi) is 5.80. The van der Waals surface area contributed by atoms with Crippen LogP contribution >= 0.6 is 0 Å². The van der Waals surface area contributed by atoms with Crippen molar-refractivity contribution in [2.45, 2.75) is 32.8 Å². The monoisotopic (exact) mass is 345 g/mol. The van der Waals surface area contributed by atoms with Gasteiger partial charge in [-0.25, -0.2) is 9.78 Å². The van der Waals surface area contributed by atoms with Gasteiger partial charge in [0.15, 0.2) is 0 Å². The van der Waals surface area contributed by atoms with Crippen molar-refractivity contribution in [3.63, 3.8) is 0 Å². The van der Waals surface area contributed by atoms with E-state index in [0.29, 0.717) is 5.69 Å². The lowest BCUT2D eigenvalue weighted by Gasteiger charge is -2.09. The first-order valence-corrected chi connectivity index (χ1v) is 8.93. The molecule has 0 fully saturated rings. The molecule has 1 heterocycles. The van der Waals surface area contributed by atoms with E-state index < -0.39 is 0 Å². The molecule has 0 radical (unpaired) electrons. The van der Waals surface area contributed by atoms with Gasteiger partial charge in [0.1, 0.15) is 5.69 Å². The van der Waals surface area contributed by atoms with Crippen LogP contribution in [0.25, 0.3) is 11.3 Å². The molecular formula is C23H23NO2. The summed E-state index contributed by atoms with van der Waals surface area (Å²) in [5, 5.41) is 0. The number of carbonyl (C=O) groups is 1. The van der Waals surface area contributed by atoms with Crippen LogP contribution in [0.3, 0.4) is 0 Å². The molecular weight excluding hydrogens is 322 g/mol. The molecule has 26 heavy (non-hydrogen) atoms. The van der Waals surface area contributed by atoms with Crippen molar-refractivity contribution in [1.29, 1.82) is 0 Å². The number of hydrogen-bond donors (Lipinski definition) is 0. The van der Waals surface area contributed by atoms with Gasteiger partial charge < -0.3 is 4.74 Å². The summed E-state index contributed by atoms with van der Waals surface area (Å²) in [5.74, 6) is -0.388. The Morgan fingerprint density at radius 1 is 0.846 bits per heavy atom. The van der Waals surface area contributed by atoms with E-state index in [9.17, 15) is 4.79 Å². The molecule has 0 aliphatic heterocycles. The third-order valence-corrected chi connectivity index (χ3v) is 4.10. The molecule has 3 aromatic rings. The van der Waals surface area contributed by atoms with Crippen LogP contribution in [0.15, 0.2) is 72.8 Å². The predicted molar refractivity (Wildman–Crippen MR) is 104 cm³/mol. The zero-order valence-corrected chi connectivity index (χ0v) is 15.2. The minimum absolute atomic E-state index is 0.156. The summed E-state index contributed by atoms with van der Waals surface area (Å²) in [6.45, 7) is 3.66. The molecule has 2 aromatic carbocycles. The average molecular weight is 345 g/mol. The zero-order chi connectivity index (χ0) is 18.4. The molecule has 0 saturated carbocycles. The Balaban J connectivity index is 1.69. The van der Waals surface area contributed by atoms with E-state index in [1.807, 2.05) is 32.0 Å². The van der Waals surface area contributed by atoms with Gasteiger partial charge in [-0.2, -0.15) is 0 Å². The summed E-state index contributed by atoms with van der Waals surface area (Å²) in [6.07, 6.45) is 1.87. The van der Waals surface area contributed by atoms with Crippen LogP contribution in [0.2, 0.25) is 0 Å². The maximum absolute atomic E-state index is 12.0. The van der Waals surface area contributed by atoms with E-state index in [-0.39, 0.29) is 12.1 Å². The summed E-state index contributed by atoms with van der Waals surface area (Å²) < 4.78 is 5.22. The minimum atomic E-state index is -0.388. The number of carbonyl (C=O) groups excluding carboxylic acids is 1.